The summed E-state index contributed by atoms with van der Waals surface area (Å²) >= 11 is 0. The van der Waals surface area contributed by atoms with Gasteiger partial charge in [0.05, 0.1) is 11.8 Å². The van der Waals surface area contributed by atoms with Crippen LogP contribution in [-0.2, 0) is 13.2 Å². The fraction of sp³-hybridized carbons (Fsp3) is 0.250. The number of aromatic nitrogens is 2. The topological polar surface area (TPSA) is 64.1 Å². The number of aliphatic hydroxyl groups is 1. The summed E-state index contributed by atoms with van der Waals surface area (Å²) in [6, 6.07) is 2.87. The van der Waals surface area contributed by atoms with E-state index in [9.17, 15) is 18.3 Å². The number of aliphatic hydroxyl groups excluding tert-OH is 1. The van der Waals surface area contributed by atoms with Gasteiger partial charge in [0.2, 0.25) is 0 Å². The summed E-state index contributed by atoms with van der Waals surface area (Å²) in [4.78, 5) is 0. The van der Waals surface area contributed by atoms with Crippen molar-refractivity contribution < 1.29 is 18.3 Å². The van der Waals surface area contributed by atoms with E-state index in [2.05, 4.69) is 5.10 Å². The summed E-state index contributed by atoms with van der Waals surface area (Å²) in [5.41, 5.74) is 5.28. The predicted octanol–water partition coefficient (Wildman–Crippen LogP) is 2.10. The lowest BCUT2D eigenvalue weighted by Gasteiger charge is -2.15. The molecule has 0 spiro atoms. The van der Waals surface area contributed by atoms with Gasteiger partial charge in [-0.2, -0.15) is 18.3 Å². The van der Waals surface area contributed by atoms with Gasteiger partial charge < -0.3 is 10.8 Å². The highest BCUT2D eigenvalue weighted by molar-refractivity contribution is 5.52. The van der Waals surface area contributed by atoms with Crippen LogP contribution in [0, 0.1) is 0 Å². The normalized spacial score (nSPS) is 13.5. The van der Waals surface area contributed by atoms with E-state index in [0.29, 0.717) is 5.56 Å². The van der Waals surface area contributed by atoms with E-state index in [0.717, 1.165) is 18.2 Å². The number of nitrogens with two attached hydrogens (primary N) is 1. The molecule has 0 radical (unpaired) electrons. The van der Waals surface area contributed by atoms with Crippen molar-refractivity contribution in [3.05, 3.63) is 47.3 Å². The Morgan fingerprint density at radius 3 is 2.58 bits per heavy atom. The third-order valence-electron chi connectivity index (χ3n) is 2.75. The molecular weight excluding hydrogens is 259 g/mol. The molecule has 0 aliphatic carbocycles. The van der Waals surface area contributed by atoms with Crippen molar-refractivity contribution in [3.8, 4) is 0 Å². The molecule has 4 nitrogen and oxygen atoms in total. The van der Waals surface area contributed by atoms with E-state index in [4.69, 9.17) is 5.73 Å². The zero-order valence-electron chi connectivity index (χ0n) is 10.0. The fourth-order valence-electron chi connectivity index (χ4n) is 1.75. The van der Waals surface area contributed by atoms with Gasteiger partial charge in [-0.15, -0.1) is 0 Å². The maximum Gasteiger partial charge on any atom is 0.416 e. The van der Waals surface area contributed by atoms with Crippen LogP contribution in [0.2, 0.25) is 0 Å². The summed E-state index contributed by atoms with van der Waals surface area (Å²) < 4.78 is 39.3. The zero-order valence-corrected chi connectivity index (χ0v) is 10.0. The Kier molecular flexibility index (Phi) is 3.23. The number of halogens is 3. The molecule has 2 rings (SSSR count). The number of anilines is 1. The molecule has 1 unspecified atom stereocenters. The van der Waals surface area contributed by atoms with Gasteiger partial charge in [-0.3, -0.25) is 4.68 Å². The molecule has 2 aromatic rings. The minimum absolute atomic E-state index is 0.0165. The number of nitrogens with zero attached hydrogens (tertiary/aromatic N) is 2. The largest absolute Gasteiger partial charge is 0.416 e. The van der Waals surface area contributed by atoms with Crippen molar-refractivity contribution in [1.82, 2.24) is 9.78 Å². The van der Waals surface area contributed by atoms with Crippen molar-refractivity contribution in [3.63, 3.8) is 0 Å². The summed E-state index contributed by atoms with van der Waals surface area (Å²) in [5.74, 6) is 0. The molecule has 0 fully saturated rings. The van der Waals surface area contributed by atoms with Gasteiger partial charge >= 0.3 is 6.18 Å². The van der Waals surface area contributed by atoms with Gasteiger partial charge in [-0.05, 0) is 18.2 Å². The zero-order chi connectivity index (χ0) is 14.2. The monoisotopic (exact) mass is 271 g/mol. The fourth-order valence-corrected chi connectivity index (χ4v) is 1.75. The number of alkyl halides is 3. The Labute approximate surface area is 107 Å². The van der Waals surface area contributed by atoms with Crippen LogP contribution in [0.3, 0.4) is 0 Å². The second-order valence-electron chi connectivity index (χ2n) is 4.19. The molecule has 0 bridgehead atoms. The molecule has 1 atom stereocenters. The van der Waals surface area contributed by atoms with Crippen LogP contribution < -0.4 is 5.73 Å². The molecule has 7 heteroatoms. The average Bonchev–Trinajstić information content (AvgIpc) is 2.74. The van der Waals surface area contributed by atoms with Crippen molar-refractivity contribution in [2.45, 2.75) is 12.3 Å². The Hall–Kier alpha value is -2.02. The van der Waals surface area contributed by atoms with Crippen molar-refractivity contribution >= 4 is 5.69 Å². The van der Waals surface area contributed by atoms with E-state index in [1.165, 1.54) is 17.1 Å². The minimum Gasteiger partial charge on any atom is -0.398 e. The van der Waals surface area contributed by atoms with Crippen molar-refractivity contribution in [2.75, 3.05) is 5.73 Å². The van der Waals surface area contributed by atoms with Gasteiger partial charge in [0.15, 0.2) is 0 Å². The number of nitrogen functional groups attached to an aromatic ring is 1. The Bertz CT molecular complexity index is 592. The van der Waals surface area contributed by atoms with E-state index in [1.807, 2.05) is 0 Å². The number of benzene rings is 1. The van der Waals surface area contributed by atoms with Crippen LogP contribution in [0.4, 0.5) is 18.9 Å². The van der Waals surface area contributed by atoms with Crippen LogP contribution in [0.25, 0.3) is 0 Å². The third kappa shape index (κ3) is 2.70. The van der Waals surface area contributed by atoms with E-state index < -0.39 is 17.8 Å². The molecule has 3 N–H and O–H groups in total. The SMILES string of the molecule is Cn1cc(C(O)c2cc(C(F)(F)F)ccc2N)cn1. The first-order chi connectivity index (χ1) is 8.79. The van der Waals surface area contributed by atoms with Crippen LogP contribution in [0.5, 0.6) is 0 Å². The maximum atomic E-state index is 12.6. The molecule has 1 heterocycles. The lowest BCUT2D eigenvalue weighted by molar-refractivity contribution is -0.137. The second-order valence-corrected chi connectivity index (χ2v) is 4.19. The molecule has 1 aromatic heterocycles. The summed E-state index contributed by atoms with van der Waals surface area (Å²) in [6.45, 7) is 0. The van der Waals surface area contributed by atoms with Crippen LogP contribution in [0.1, 0.15) is 22.8 Å². The summed E-state index contributed by atoms with van der Waals surface area (Å²) in [5, 5.41) is 13.9. The van der Waals surface area contributed by atoms with Gasteiger partial charge in [-0.25, -0.2) is 0 Å². The lowest BCUT2D eigenvalue weighted by atomic mass is 10.00. The Morgan fingerprint density at radius 2 is 2.05 bits per heavy atom. The highest BCUT2D eigenvalue weighted by Gasteiger charge is 2.31. The highest BCUT2D eigenvalue weighted by Crippen LogP contribution is 2.34. The first-order valence-electron chi connectivity index (χ1n) is 5.42. The minimum atomic E-state index is -4.48. The number of rotatable bonds is 2. The van der Waals surface area contributed by atoms with Gasteiger partial charge in [0.1, 0.15) is 6.10 Å². The smallest absolute Gasteiger partial charge is 0.398 e. The molecule has 0 saturated heterocycles. The number of hydrogen-bond acceptors (Lipinski definition) is 3. The first-order valence-corrected chi connectivity index (χ1v) is 5.42. The van der Waals surface area contributed by atoms with E-state index >= 15 is 0 Å². The average molecular weight is 271 g/mol. The molecular formula is C12H12F3N3O. The molecule has 0 amide bonds. The van der Waals surface area contributed by atoms with Crippen LogP contribution >= 0.6 is 0 Å². The number of aryl methyl sites for hydroxylation is 1. The van der Waals surface area contributed by atoms with E-state index in [-0.39, 0.29) is 11.3 Å². The maximum absolute atomic E-state index is 12.6. The Morgan fingerprint density at radius 1 is 1.37 bits per heavy atom. The summed E-state index contributed by atoms with van der Waals surface area (Å²) in [6.07, 6.45) is -2.82. The van der Waals surface area contributed by atoms with Gasteiger partial charge in [-0.1, -0.05) is 0 Å². The number of hydrogen-bond donors (Lipinski definition) is 2. The van der Waals surface area contributed by atoms with Gasteiger partial charge in [0.25, 0.3) is 0 Å². The van der Waals surface area contributed by atoms with Crippen LogP contribution in [0.15, 0.2) is 30.6 Å². The molecule has 1 aromatic carbocycles. The lowest BCUT2D eigenvalue weighted by Crippen LogP contribution is -2.09. The first kappa shape index (κ1) is 13.4. The second kappa shape index (κ2) is 4.58. The third-order valence-corrected chi connectivity index (χ3v) is 2.75. The quantitative estimate of drug-likeness (QED) is 0.822. The molecule has 19 heavy (non-hydrogen) atoms. The molecule has 0 aliphatic rings. The Balaban J connectivity index is 2.44. The molecule has 0 aliphatic heterocycles. The van der Waals surface area contributed by atoms with Crippen molar-refractivity contribution in [2.24, 2.45) is 7.05 Å². The molecule has 102 valence electrons. The standard InChI is InChI=1S/C12H12F3N3O/c1-18-6-7(5-17-18)11(19)9-4-8(12(13,14)15)2-3-10(9)16/h2-6,11,19H,16H2,1H3. The predicted molar refractivity (Wildman–Crippen MR) is 63.1 cm³/mol. The van der Waals surface area contributed by atoms with Gasteiger partial charge in [0, 0.05) is 30.1 Å². The highest BCUT2D eigenvalue weighted by atomic mass is 19.4. The van der Waals surface area contributed by atoms with Crippen molar-refractivity contribution in [1.29, 1.82) is 0 Å². The van der Waals surface area contributed by atoms with E-state index in [1.54, 1.807) is 7.05 Å². The van der Waals surface area contributed by atoms with Crippen LogP contribution in [-0.4, -0.2) is 14.9 Å². The molecule has 0 saturated carbocycles. The summed E-state index contributed by atoms with van der Waals surface area (Å²) in [7, 11) is 1.64.